The van der Waals surface area contributed by atoms with E-state index in [4.69, 9.17) is 9.47 Å². The van der Waals surface area contributed by atoms with Gasteiger partial charge in [0.15, 0.2) is 0 Å². The van der Waals surface area contributed by atoms with Crippen LogP contribution in [-0.4, -0.2) is 62.5 Å². The molecule has 0 saturated carbocycles. The van der Waals surface area contributed by atoms with Crippen molar-refractivity contribution in [2.45, 2.75) is 19.9 Å². The van der Waals surface area contributed by atoms with Gasteiger partial charge in [0.25, 0.3) is 0 Å². The van der Waals surface area contributed by atoms with E-state index in [0.717, 1.165) is 28.5 Å². The van der Waals surface area contributed by atoms with Crippen LogP contribution in [-0.2, 0) is 16.1 Å². The molecule has 2 amide bonds. The van der Waals surface area contributed by atoms with E-state index in [1.54, 1.807) is 38.3 Å². The summed E-state index contributed by atoms with van der Waals surface area (Å²) in [6.07, 6.45) is 0.840. The summed E-state index contributed by atoms with van der Waals surface area (Å²) in [5.74, 6) is 1.20. The average Bonchev–Trinajstić information content (AvgIpc) is 2.84. The number of amides is 2. The maximum absolute atomic E-state index is 12.9. The number of ether oxygens (including phenoxy) is 2. The molecule has 180 valence electrons. The Hall–Kier alpha value is -3.58. The van der Waals surface area contributed by atoms with Crippen LogP contribution in [0, 0.1) is 0 Å². The van der Waals surface area contributed by atoms with Crippen molar-refractivity contribution in [2.75, 3.05) is 46.2 Å². The van der Waals surface area contributed by atoms with Crippen molar-refractivity contribution in [3.63, 3.8) is 0 Å². The lowest BCUT2D eigenvalue weighted by Crippen LogP contribution is -2.42. The van der Waals surface area contributed by atoms with Crippen LogP contribution in [0.25, 0.3) is 10.8 Å². The highest BCUT2D eigenvalue weighted by molar-refractivity contribution is 5.94. The molecule has 7 heteroatoms. The Labute approximate surface area is 201 Å². The zero-order chi connectivity index (χ0) is 24.5. The Kier molecular flexibility index (Phi) is 8.87. The molecule has 0 radical (unpaired) electrons. The molecule has 3 aromatic carbocycles. The SMILES string of the molecule is CCCN(CC(=O)Nc1ccccc1OC)CC(=O)N(C)Cc1ccc2cc(OC)ccc2c1. The topological polar surface area (TPSA) is 71.1 Å². The molecule has 0 unspecified atom stereocenters. The zero-order valence-corrected chi connectivity index (χ0v) is 20.3. The number of nitrogens with zero attached hydrogens (tertiary/aromatic N) is 2. The van der Waals surface area contributed by atoms with E-state index in [1.807, 2.05) is 54.3 Å². The van der Waals surface area contributed by atoms with Gasteiger partial charge in [0.05, 0.1) is 33.0 Å². The number of anilines is 1. The lowest BCUT2D eigenvalue weighted by molar-refractivity contribution is -0.132. The fourth-order valence-corrected chi connectivity index (χ4v) is 3.84. The van der Waals surface area contributed by atoms with Crippen molar-refractivity contribution in [3.05, 3.63) is 66.2 Å². The molecule has 0 aliphatic carbocycles. The van der Waals surface area contributed by atoms with Gasteiger partial charge in [-0.3, -0.25) is 14.5 Å². The number of methoxy groups -OCH3 is 2. The zero-order valence-electron chi connectivity index (χ0n) is 20.3. The summed E-state index contributed by atoms with van der Waals surface area (Å²) in [5, 5.41) is 5.07. The van der Waals surface area contributed by atoms with Crippen LogP contribution in [0.4, 0.5) is 5.69 Å². The maximum Gasteiger partial charge on any atom is 0.238 e. The van der Waals surface area contributed by atoms with Gasteiger partial charge in [-0.2, -0.15) is 0 Å². The van der Waals surface area contributed by atoms with Crippen molar-refractivity contribution >= 4 is 28.3 Å². The molecule has 3 aromatic rings. The second-order valence-electron chi connectivity index (χ2n) is 8.26. The van der Waals surface area contributed by atoms with E-state index in [-0.39, 0.29) is 24.9 Å². The van der Waals surface area contributed by atoms with Gasteiger partial charge in [0, 0.05) is 13.6 Å². The Bertz CT molecular complexity index is 1130. The quantitative estimate of drug-likeness (QED) is 0.462. The number of fused-ring (bicyclic) bond motifs is 1. The van der Waals surface area contributed by atoms with E-state index >= 15 is 0 Å². The largest absolute Gasteiger partial charge is 0.497 e. The summed E-state index contributed by atoms with van der Waals surface area (Å²) >= 11 is 0. The van der Waals surface area contributed by atoms with Crippen LogP contribution in [0.5, 0.6) is 11.5 Å². The minimum atomic E-state index is -0.182. The smallest absolute Gasteiger partial charge is 0.238 e. The normalized spacial score (nSPS) is 10.9. The summed E-state index contributed by atoms with van der Waals surface area (Å²) < 4.78 is 10.6. The molecule has 0 saturated heterocycles. The van der Waals surface area contributed by atoms with Gasteiger partial charge >= 0.3 is 0 Å². The van der Waals surface area contributed by atoms with Crippen LogP contribution < -0.4 is 14.8 Å². The number of para-hydroxylation sites is 2. The maximum atomic E-state index is 12.9. The van der Waals surface area contributed by atoms with Gasteiger partial charge in [0.2, 0.25) is 11.8 Å². The van der Waals surface area contributed by atoms with Crippen LogP contribution in [0.3, 0.4) is 0 Å². The molecule has 0 aliphatic rings. The third kappa shape index (κ3) is 6.71. The third-order valence-corrected chi connectivity index (χ3v) is 5.60. The number of benzene rings is 3. The number of carbonyl (C=O) groups excluding carboxylic acids is 2. The highest BCUT2D eigenvalue weighted by Gasteiger charge is 2.18. The monoisotopic (exact) mass is 463 g/mol. The number of carbonyl (C=O) groups is 2. The van der Waals surface area contributed by atoms with Crippen molar-refractivity contribution < 1.29 is 19.1 Å². The number of hydrogen-bond acceptors (Lipinski definition) is 5. The summed E-state index contributed by atoms with van der Waals surface area (Å²) in [7, 11) is 5.01. The molecule has 0 fully saturated rings. The summed E-state index contributed by atoms with van der Waals surface area (Å²) in [5.41, 5.74) is 1.66. The first kappa shape index (κ1) is 25.1. The van der Waals surface area contributed by atoms with Crippen molar-refractivity contribution in [1.29, 1.82) is 0 Å². The fourth-order valence-electron chi connectivity index (χ4n) is 3.84. The molecule has 1 N–H and O–H groups in total. The van der Waals surface area contributed by atoms with Gasteiger partial charge < -0.3 is 19.7 Å². The van der Waals surface area contributed by atoms with Gasteiger partial charge in [-0.25, -0.2) is 0 Å². The minimum absolute atomic E-state index is 0.0339. The van der Waals surface area contributed by atoms with Gasteiger partial charge in [-0.1, -0.05) is 37.3 Å². The van der Waals surface area contributed by atoms with Crippen LogP contribution in [0.15, 0.2) is 60.7 Å². The molecule has 0 atom stereocenters. The van der Waals surface area contributed by atoms with Crippen LogP contribution >= 0.6 is 0 Å². The molecule has 0 bridgehead atoms. The lowest BCUT2D eigenvalue weighted by atomic mass is 10.1. The number of likely N-dealkylation sites (N-methyl/N-ethyl adjacent to an activating group) is 1. The van der Waals surface area contributed by atoms with Gasteiger partial charge in [-0.05, 0) is 59.6 Å². The first-order valence-corrected chi connectivity index (χ1v) is 11.4. The molecule has 7 nitrogen and oxygen atoms in total. The first-order chi connectivity index (χ1) is 16.4. The number of nitrogens with one attached hydrogen (secondary N) is 1. The van der Waals surface area contributed by atoms with Crippen molar-refractivity contribution in [1.82, 2.24) is 9.80 Å². The fraction of sp³-hybridized carbons (Fsp3) is 0.333. The summed E-state index contributed by atoms with van der Waals surface area (Å²) in [4.78, 5) is 29.1. The van der Waals surface area contributed by atoms with Crippen molar-refractivity contribution in [3.8, 4) is 11.5 Å². The first-order valence-electron chi connectivity index (χ1n) is 11.4. The molecule has 0 spiro atoms. The Morgan fingerprint density at radius 2 is 1.65 bits per heavy atom. The third-order valence-electron chi connectivity index (χ3n) is 5.60. The minimum Gasteiger partial charge on any atom is -0.497 e. The molecular weight excluding hydrogens is 430 g/mol. The summed E-state index contributed by atoms with van der Waals surface area (Å²) in [6.45, 7) is 3.48. The van der Waals surface area contributed by atoms with E-state index in [2.05, 4.69) is 11.4 Å². The molecule has 3 rings (SSSR count). The Morgan fingerprint density at radius 1 is 0.912 bits per heavy atom. The molecular formula is C27H33N3O4. The predicted molar refractivity (Wildman–Crippen MR) is 135 cm³/mol. The highest BCUT2D eigenvalue weighted by atomic mass is 16.5. The standard InChI is InChI=1S/C27H33N3O4/c1-5-14-30(18-26(31)28-24-8-6-7-9-25(24)34-4)19-27(32)29(2)17-20-10-11-22-16-23(33-3)13-12-21(22)15-20/h6-13,15-16H,5,14,17-19H2,1-4H3,(H,28,31). The lowest BCUT2D eigenvalue weighted by Gasteiger charge is -2.24. The number of hydrogen-bond donors (Lipinski definition) is 1. The summed E-state index contributed by atoms with van der Waals surface area (Å²) in [6, 6.07) is 19.4. The van der Waals surface area contributed by atoms with Crippen molar-refractivity contribution in [2.24, 2.45) is 0 Å². The van der Waals surface area contributed by atoms with Gasteiger partial charge in [0.1, 0.15) is 11.5 Å². The molecule has 0 aromatic heterocycles. The van der Waals surface area contributed by atoms with Crippen LogP contribution in [0.2, 0.25) is 0 Å². The Balaban J connectivity index is 1.59. The van der Waals surface area contributed by atoms with E-state index in [1.165, 1.54) is 0 Å². The average molecular weight is 464 g/mol. The second kappa shape index (κ2) is 12.0. The molecule has 0 heterocycles. The molecule has 0 aliphatic heterocycles. The van der Waals surface area contributed by atoms with E-state index in [9.17, 15) is 9.59 Å². The van der Waals surface area contributed by atoms with Crippen LogP contribution in [0.1, 0.15) is 18.9 Å². The number of rotatable bonds is 11. The van der Waals surface area contributed by atoms with E-state index < -0.39 is 0 Å². The second-order valence-corrected chi connectivity index (χ2v) is 8.26. The highest BCUT2D eigenvalue weighted by Crippen LogP contribution is 2.23. The Morgan fingerprint density at radius 3 is 2.38 bits per heavy atom. The molecule has 34 heavy (non-hydrogen) atoms. The van der Waals surface area contributed by atoms with Gasteiger partial charge in [-0.15, -0.1) is 0 Å². The van der Waals surface area contributed by atoms with E-state index in [0.29, 0.717) is 24.5 Å². The predicted octanol–water partition coefficient (Wildman–Crippen LogP) is 4.17.